The third kappa shape index (κ3) is 8.48. The Kier molecular flexibility index (Phi) is 12.4. The average Bonchev–Trinajstić information content (AvgIpc) is 4.09. The fourth-order valence-corrected chi connectivity index (χ4v) is 14.8. The second-order valence-electron chi connectivity index (χ2n) is 24.9. The first kappa shape index (κ1) is 51.8. The van der Waals surface area contributed by atoms with Crippen LogP contribution in [0.4, 0.5) is 0 Å². The van der Waals surface area contributed by atoms with Gasteiger partial charge >= 0.3 is 0 Å². The van der Waals surface area contributed by atoms with E-state index < -0.39 is 0 Å². The van der Waals surface area contributed by atoms with E-state index in [2.05, 4.69) is 290 Å². The number of rotatable bonds is 8. The summed E-state index contributed by atoms with van der Waals surface area (Å²) in [5.41, 5.74) is 40.2. The van der Waals surface area contributed by atoms with Crippen LogP contribution in [0.1, 0.15) is 107 Å². The molecule has 0 amide bonds. The predicted octanol–water partition coefficient (Wildman–Crippen LogP) is 22.6. The molecule has 13 rings (SSSR count). The lowest BCUT2D eigenvalue weighted by molar-refractivity contribution is 0.660. The van der Waals surface area contributed by atoms with Crippen molar-refractivity contribution in [1.29, 1.82) is 0 Å². The van der Waals surface area contributed by atoms with E-state index in [0.717, 1.165) is 0 Å². The predicted molar refractivity (Wildman–Crippen MR) is 350 cm³/mol. The van der Waals surface area contributed by atoms with Gasteiger partial charge in [-0.05, 0) is 282 Å². The van der Waals surface area contributed by atoms with E-state index in [1.807, 2.05) is 0 Å². The standard InChI is InChI=1S/C81H72/c1-14-19-65-48(3)20-17-24-67(65)62-40-61(41-63(42-62)68-25-18-22-55-21-15-16-23-66(55)68)59-29-33-72-70-31-27-57(44-74(70)81(12,13)76(72)46-59)56-26-30-69-71-32-28-58(45-75(71)80(10,11)73(69)43-56)60-36-51(6)78(52(7)37-60)79-53(8)38-64(39-54(79)9)77-49(4)34-47(2)35-50(77)5/h14-46H,1-13H3/b19-14-. The van der Waals surface area contributed by atoms with E-state index >= 15 is 0 Å². The average molecular weight is 1050 g/mol. The van der Waals surface area contributed by atoms with E-state index in [0.29, 0.717) is 0 Å². The summed E-state index contributed by atoms with van der Waals surface area (Å²) in [6, 6.07) is 72.5. The van der Waals surface area contributed by atoms with Gasteiger partial charge in [0.25, 0.3) is 0 Å². The smallest absolute Gasteiger partial charge is 0.0159 e. The fraction of sp³-hybridized carbons (Fsp3) is 0.185. The van der Waals surface area contributed by atoms with Gasteiger partial charge in [0.2, 0.25) is 0 Å². The van der Waals surface area contributed by atoms with Crippen molar-refractivity contribution in [2.45, 2.75) is 101 Å². The highest BCUT2D eigenvalue weighted by atomic mass is 14.4. The minimum Gasteiger partial charge on any atom is -0.0870 e. The number of aryl methyl sites for hydroxylation is 8. The van der Waals surface area contributed by atoms with Gasteiger partial charge in [-0.15, -0.1) is 0 Å². The second-order valence-corrected chi connectivity index (χ2v) is 24.9. The molecule has 0 N–H and O–H groups in total. The first-order chi connectivity index (χ1) is 38.9. The SMILES string of the molecule is C/C=C\c1c(C)cccc1-c1cc(-c2ccc3c(c2)C(C)(C)c2cc(-c4ccc5c(c4)C(C)(C)c4cc(-c6cc(C)c(-c7c(C)cc(-c8c(C)cc(C)cc8C)cc7C)c(C)c6)ccc4-5)ccc2-3)cc(-c2cccc3ccccc23)c1. The van der Waals surface area contributed by atoms with Crippen molar-refractivity contribution < 1.29 is 0 Å². The number of hydrogen-bond acceptors (Lipinski definition) is 0. The quantitative estimate of drug-likeness (QED) is 0.142. The molecule has 0 heterocycles. The number of fused-ring (bicyclic) bond motifs is 7. The summed E-state index contributed by atoms with van der Waals surface area (Å²) in [4.78, 5) is 0. The molecule has 0 aromatic heterocycles. The Hall–Kier alpha value is -8.58. The van der Waals surface area contributed by atoms with Crippen molar-refractivity contribution in [2.75, 3.05) is 0 Å². The van der Waals surface area contributed by atoms with E-state index in [9.17, 15) is 0 Å². The number of hydrogen-bond donors (Lipinski definition) is 0. The monoisotopic (exact) mass is 1040 g/mol. The Morgan fingerprint density at radius 3 is 1.16 bits per heavy atom. The van der Waals surface area contributed by atoms with Crippen LogP contribution in [0.25, 0.3) is 117 Å². The summed E-state index contributed by atoms with van der Waals surface area (Å²) in [5.74, 6) is 0. The molecule has 0 radical (unpaired) electrons. The molecule has 0 atom stereocenters. The molecule has 0 heteroatoms. The van der Waals surface area contributed by atoms with Crippen molar-refractivity contribution >= 4 is 16.8 Å². The van der Waals surface area contributed by atoms with Crippen LogP contribution in [-0.2, 0) is 10.8 Å². The van der Waals surface area contributed by atoms with Crippen molar-refractivity contribution in [3.63, 3.8) is 0 Å². The van der Waals surface area contributed by atoms with Crippen molar-refractivity contribution in [3.05, 3.63) is 266 Å². The Bertz CT molecular complexity index is 4410. The van der Waals surface area contributed by atoms with Gasteiger partial charge in [0.15, 0.2) is 0 Å². The first-order valence-corrected chi connectivity index (χ1v) is 29.2. The Morgan fingerprint density at radius 2 is 0.667 bits per heavy atom. The zero-order chi connectivity index (χ0) is 56.4. The molecule has 396 valence electrons. The molecular formula is C81H72. The van der Waals surface area contributed by atoms with Gasteiger partial charge in [-0.1, -0.05) is 191 Å². The van der Waals surface area contributed by atoms with Crippen LogP contribution in [0.15, 0.2) is 194 Å². The molecule has 81 heavy (non-hydrogen) atoms. The first-order valence-electron chi connectivity index (χ1n) is 29.2. The third-order valence-corrected chi connectivity index (χ3v) is 18.6. The zero-order valence-corrected chi connectivity index (χ0v) is 49.6. The second kappa shape index (κ2) is 19.3. The molecule has 0 fully saturated rings. The molecule has 11 aromatic rings. The molecular weight excluding hydrogens is 973 g/mol. The van der Waals surface area contributed by atoms with E-state index in [1.54, 1.807) is 0 Å². The molecule has 11 aromatic carbocycles. The van der Waals surface area contributed by atoms with Crippen LogP contribution in [0.2, 0.25) is 0 Å². The molecule has 2 aliphatic carbocycles. The van der Waals surface area contributed by atoms with Crippen LogP contribution in [-0.4, -0.2) is 0 Å². The molecule has 0 aliphatic heterocycles. The van der Waals surface area contributed by atoms with Gasteiger partial charge in [-0.25, -0.2) is 0 Å². The number of allylic oxidation sites excluding steroid dienone is 1. The fourth-order valence-electron chi connectivity index (χ4n) is 14.8. The van der Waals surface area contributed by atoms with E-state index in [4.69, 9.17) is 0 Å². The Labute approximate surface area is 481 Å². The van der Waals surface area contributed by atoms with Crippen LogP contribution >= 0.6 is 0 Å². The highest BCUT2D eigenvalue weighted by molar-refractivity contribution is 5.99. The maximum atomic E-state index is 2.49. The molecule has 0 unspecified atom stereocenters. The summed E-state index contributed by atoms with van der Waals surface area (Å²) in [5, 5.41) is 2.52. The van der Waals surface area contributed by atoms with Gasteiger partial charge < -0.3 is 0 Å². The Balaban J connectivity index is 0.813. The van der Waals surface area contributed by atoms with Crippen molar-refractivity contribution in [2.24, 2.45) is 0 Å². The highest BCUT2D eigenvalue weighted by Gasteiger charge is 2.38. The van der Waals surface area contributed by atoms with Gasteiger partial charge in [0, 0.05) is 10.8 Å². The van der Waals surface area contributed by atoms with Gasteiger partial charge in [0.1, 0.15) is 0 Å². The van der Waals surface area contributed by atoms with Crippen LogP contribution in [0.3, 0.4) is 0 Å². The van der Waals surface area contributed by atoms with Gasteiger partial charge in [-0.2, -0.15) is 0 Å². The minimum atomic E-state index is -0.206. The lowest BCUT2D eigenvalue weighted by Crippen LogP contribution is -2.15. The number of benzene rings is 11. The summed E-state index contributed by atoms with van der Waals surface area (Å²) in [6.45, 7) is 29.9. The summed E-state index contributed by atoms with van der Waals surface area (Å²) >= 11 is 0. The molecule has 0 saturated heterocycles. The van der Waals surface area contributed by atoms with Crippen LogP contribution in [0.5, 0.6) is 0 Å². The molecule has 2 aliphatic rings. The zero-order valence-electron chi connectivity index (χ0n) is 49.6. The van der Waals surface area contributed by atoms with Crippen molar-refractivity contribution in [1.82, 2.24) is 0 Å². The largest absolute Gasteiger partial charge is 0.0870 e. The van der Waals surface area contributed by atoms with E-state index in [1.165, 1.54) is 183 Å². The maximum Gasteiger partial charge on any atom is 0.0159 e. The highest BCUT2D eigenvalue weighted by Crippen LogP contribution is 2.54. The molecule has 0 spiro atoms. The van der Waals surface area contributed by atoms with Crippen molar-refractivity contribution in [3.8, 4) is 100 Å². The van der Waals surface area contributed by atoms with Gasteiger partial charge in [-0.3, -0.25) is 0 Å². The molecule has 0 bridgehead atoms. The van der Waals surface area contributed by atoms with E-state index in [-0.39, 0.29) is 10.8 Å². The lowest BCUT2D eigenvalue weighted by atomic mass is 9.79. The topological polar surface area (TPSA) is 0 Å². The summed E-state index contributed by atoms with van der Waals surface area (Å²) < 4.78 is 0. The summed E-state index contributed by atoms with van der Waals surface area (Å²) in [6.07, 6.45) is 4.41. The molecule has 0 nitrogen and oxygen atoms in total. The maximum absolute atomic E-state index is 2.49. The van der Waals surface area contributed by atoms with Crippen LogP contribution in [0, 0.1) is 55.4 Å². The summed E-state index contributed by atoms with van der Waals surface area (Å²) in [7, 11) is 0. The normalized spacial score (nSPS) is 13.6. The Morgan fingerprint density at radius 1 is 0.284 bits per heavy atom. The van der Waals surface area contributed by atoms with Crippen LogP contribution < -0.4 is 0 Å². The minimum absolute atomic E-state index is 0.175. The molecule has 0 saturated carbocycles. The van der Waals surface area contributed by atoms with Gasteiger partial charge in [0.05, 0.1) is 0 Å². The lowest BCUT2D eigenvalue weighted by Gasteiger charge is -2.24. The third-order valence-electron chi connectivity index (χ3n) is 18.6.